The lowest BCUT2D eigenvalue weighted by Crippen LogP contribution is -2.39. The number of rotatable bonds is 3. The molecular formula is C29H26F2N4O2. The van der Waals surface area contributed by atoms with E-state index in [1.54, 1.807) is 19.1 Å². The predicted molar refractivity (Wildman–Crippen MR) is 140 cm³/mol. The smallest absolute Gasteiger partial charge is 0.259 e. The lowest BCUT2D eigenvalue weighted by Gasteiger charge is -2.33. The maximum Gasteiger partial charge on any atom is 0.259 e. The van der Waals surface area contributed by atoms with E-state index in [4.69, 9.17) is 0 Å². The summed E-state index contributed by atoms with van der Waals surface area (Å²) in [4.78, 5) is 32.1. The molecule has 2 amide bonds. The van der Waals surface area contributed by atoms with Crippen molar-refractivity contribution in [3.63, 3.8) is 0 Å². The van der Waals surface area contributed by atoms with Crippen molar-refractivity contribution in [3.8, 4) is 0 Å². The summed E-state index contributed by atoms with van der Waals surface area (Å²) in [5.41, 5.74) is 3.80. The molecule has 2 N–H and O–H groups in total. The third-order valence-electron chi connectivity index (χ3n) is 8.32. The number of fused-ring (bicyclic) bond motifs is 10. The van der Waals surface area contributed by atoms with E-state index in [1.807, 2.05) is 0 Å². The van der Waals surface area contributed by atoms with Crippen LogP contribution in [0.2, 0.25) is 0 Å². The number of hydrogen-bond acceptors (Lipinski definition) is 3. The number of halogens is 2. The Kier molecular flexibility index (Phi) is 4.76. The van der Waals surface area contributed by atoms with Gasteiger partial charge in [0, 0.05) is 51.7 Å². The van der Waals surface area contributed by atoms with Crippen molar-refractivity contribution in [1.82, 2.24) is 19.8 Å². The van der Waals surface area contributed by atoms with Crippen LogP contribution >= 0.6 is 0 Å². The molecule has 2 aromatic heterocycles. The van der Waals surface area contributed by atoms with Crippen LogP contribution in [0.1, 0.15) is 52.5 Å². The van der Waals surface area contributed by atoms with Gasteiger partial charge in [0.05, 0.1) is 22.2 Å². The molecule has 2 aliphatic heterocycles. The Morgan fingerprint density at radius 2 is 1.76 bits per heavy atom. The van der Waals surface area contributed by atoms with Gasteiger partial charge < -0.3 is 9.55 Å². The van der Waals surface area contributed by atoms with Crippen molar-refractivity contribution >= 4 is 55.4 Å². The third-order valence-corrected chi connectivity index (χ3v) is 8.32. The number of carbonyl (C=O) groups is 2. The largest absolute Gasteiger partial charge is 0.353 e. The van der Waals surface area contributed by atoms with Crippen molar-refractivity contribution in [1.29, 1.82) is 0 Å². The van der Waals surface area contributed by atoms with Gasteiger partial charge in [-0.25, -0.2) is 8.78 Å². The number of H-pyrrole nitrogens is 1. The van der Waals surface area contributed by atoms with Crippen LogP contribution in [0.15, 0.2) is 30.3 Å². The zero-order valence-corrected chi connectivity index (χ0v) is 20.7. The monoisotopic (exact) mass is 500 g/mol. The molecule has 37 heavy (non-hydrogen) atoms. The van der Waals surface area contributed by atoms with E-state index < -0.39 is 17.6 Å². The molecular weight excluding hydrogens is 474 g/mol. The Labute approximate surface area is 211 Å². The normalized spacial score (nSPS) is 18.5. The van der Waals surface area contributed by atoms with Gasteiger partial charge in [-0.05, 0) is 69.1 Å². The fourth-order valence-corrected chi connectivity index (χ4v) is 6.48. The van der Waals surface area contributed by atoms with Crippen LogP contribution in [0, 0.1) is 18.6 Å². The van der Waals surface area contributed by atoms with Crippen LogP contribution < -0.4 is 5.32 Å². The molecule has 0 saturated carbocycles. The summed E-state index contributed by atoms with van der Waals surface area (Å²) in [6.45, 7) is 6.39. The van der Waals surface area contributed by atoms with E-state index in [0.717, 1.165) is 37.0 Å². The van der Waals surface area contributed by atoms with Crippen LogP contribution in [0.4, 0.5) is 8.78 Å². The molecule has 0 bridgehead atoms. The lowest BCUT2D eigenvalue weighted by atomic mass is 9.96. The van der Waals surface area contributed by atoms with Gasteiger partial charge >= 0.3 is 0 Å². The second-order valence-corrected chi connectivity index (χ2v) is 10.5. The van der Waals surface area contributed by atoms with Gasteiger partial charge in [-0.15, -0.1) is 0 Å². The minimum atomic E-state index is -0.520. The molecule has 6 nitrogen and oxygen atoms in total. The number of imide groups is 1. The minimum Gasteiger partial charge on any atom is -0.353 e. The lowest BCUT2D eigenvalue weighted by molar-refractivity contribution is 0.0880. The Morgan fingerprint density at radius 3 is 2.54 bits per heavy atom. The van der Waals surface area contributed by atoms with Gasteiger partial charge in [0.1, 0.15) is 11.6 Å². The number of carbonyl (C=O) groups excluding carboxylic acids is 2. The molecule has 1 saturated heterocycles. The van der Waals surface area contributed by atoms with E-state index in [1.165, 1.54) is 24.6 Å². The zero-order chi connectivity index (χ0) is 25.6. The van der Waals surface area contributed by atoms with E-state index in [2.05, 4.69) is 26.7 Å². The van der Waals surface area contributed by atoms with Crippen molar-refractivity contribution < 1.29 is 18.4 Å². The molecule has 2 aliphatic rings. The van der Waals surface area contributed by atoms with Gasteiger partial charge in [0.25, 0.3) is 11.8 Å². The maximum atomic E-state index is 14.7. The topological polar surface area (TPSA) is 70.1 Å². The zero-order valence-electron chi connectivity index (χ0n) is 20.7. The Morgan fingerprint density at radius 1 is 0.973 bits per heavy atom. The number of hydrogen-bond donors (Lipinski definition) is 2. The number of benzene rings is 3. The van der Waals surface area contributed by atoms with Crippen LogP contribution in [-0.2, 0) is 6.54 Å². The molecule has 188 valence electrons. The number of nitrogens with zero attached hydrogens (tertiary/aromatic N) is 2. The fraction of sp³-hybridized carbons (Fsp3) is 0.310. The van der Waals surface area contributed by atoms with E-state index in [0.29, 0.717) is 50.7 Å². The number of aromatic nitrogens is 2. The second kappa shape index (κ2) is 7.86. The Bertz CT molecular complexity index is 1820. The molecule has 5 aromatic rings. The van der Waals surface area contributed by atoms with E-state index in [-0.39, 0.29) is 16.9 Å². The summed E-state index contributed by atoms with van der Waals surface area (Å²) in [5, 5.41) is 4.64. The highest BCUT2D eigenvalue weighted by molar-refractivity contribution is 6.39. The van der Waals surface area contributed by atoms with Crippen molar-refractivity contribution in [3.05, 3.63) is 58.7 Å². The predicted octanol–water partition coefficient (Wildman–Crippen LogP) is 5.77. The maximum absolute atomic E-state index is 14.7. The summed E-state index contributed by atoms with van der Waals surface area (Å²) < 4.78 is 31.4. The number of aryl methyl sites for hydroxylation is 1. The molecule has 1 fully saturated rings. The average molecular weight is 501 g/mol. The highest BCUT2D eigenvalue weighted by Gasteiger charge is 2.36. The van der Waals surface area contributed by atoms with E-state index >= 15 is 0 Å². The molecule has 8 heteroatoms. The second-order valence-electron chi connectivity index (χ2n) is 10.5. The first-order chi connectivity index (χ1) is 17.8. The van der Waals surface area contributed by atoms with Gasteiger partial charge in [-0.3, -0.25) is 19.8 Å². The summed E-state index contributed by atoms with van der Waals surface area (Å²) in [6, 6.07) is 8.23. The third kappa shape index (κ3) is 3.11. The van der Waals surface area contributed by atoms with Crippen LogP contribution in [0.25, 0.3) is 43.6 Å². The van der Waals surface area contributed by atoms with Crippen LogP contribution in [0.3, 0.4) is 0 Å². The summed E-state index contributed by atoms with van der Waals surface area (Å²) in [5.74, 6) is -1.83. The number of piperidine rings is 1. The summed E-state index contributed by atoms with van der Waals surface area (Å²) >= 11 is 0. The van der Waals surface area contributed by atoms with Crippen LogP contribution in [0.5, 0.6) is 0 Å². The van der Waals surface area contributed by atoms with Crippen LogP contribution in [-0.4, -0.2) is 45.4 Å². The quantitative estimate of drug-likeness (QED) is 0.309. The molecule has 0 aliphatic carbocycles. The standard InChI is InChI=1S/C29H26F2N4O2/c1-14-11-20-17(13-19(14)31)22-24-25(29(37)33-28(24)36)23-18-12-16(30)6-7-21(18)35(27(23)26(22)32-20)10-9-34-8-4-3-5-15(34)2/h6-7,11-13,15,32H,3-5,8-10H2,1-2H3,(H,33,36,37)/t15-/m0/s1. The highest BCUT2D eigenvalue weighted by atomic mass is 19.1. The SMILES string of the molecule is Cc1cc2[nH]c3c(c4c(c5c6cc(F)ccc6n(CCN6CCCC[C@@H]6C)c35)C(=O)NC4=O)c2cc1F. The Hall–Kier alpha value is -3.78. The Balaban J connectivity index is 1.61. The van der Waals surface area contributed by atoms with Crippen molar-refractivity contribution in [2.24, 2.45) is 0 Å². The first-order valence-corrected chi connectivity index (χ1v) is 12.8. The van der Waals surface area contributed by atoms with Gasteiger partial charge in [0.2, 0.25) is 0 Å². The fourth-order valence-electron chi connectivity index (χ4n) is 6.48. The average Bonchev–Trinajstić information content (AvgIpc) is 3.47. The molecule has 3 aromatic carbocycles. The number of aromatic amines is 1. The number of likely N-dealkylation sites (tertiary alicyclic amines) is 1. The van der Waals surface area contributed by atoms with Gasteiger partial charge in [-0.2, -0.15) is 0 Å². The molecule has 0 unspecified atom stereocenters. The van der Waals surface area contributed by atoms with Gasteiger partial charge in [-0.1, -0.05) is 6.42 Å². The van der Waals surface area contributed by atoms with Crippen molar-refractivity contribution in [2.75, 3.05) is 13.1 Å². The molecule has 1 atom stereocenters. The molecule has 0 spiro atoms. The molecule has 7 rings (SSSR count). The van der Waals surface area contributed by atoms with Gasteiger partial charge in [0.15, 0.2) is 0 Å². The molecule has 4 heterocycles. The highest BCUT2D eigenvalue weighted by Crippen LogP contribution is 2.44. The number of amides is 2. The summed E-state index contributed by atoms with van der Waals surface area (Å²) in [6.07, 6.45) is 3.55. The first-order valence-electron chi connectivity index (χ1n) is 12.8. The summed E-state index contributed by atoms with van der Waals surface area (Å²) in [7, 11) is 0. The first kappa shape index (κ1) is 22.4. The van der Waals surface area contributed by atoms with E-state index in [9.17, 15) is 18.4 Å². The number of nitrogens with one attached hydrogen (secondary N) is 2. The minimum absolute atomic E-state index is 0.218. The van der Waals surface area contributed by atoms with Crippen molar-refractivity contribution in [2.45, 2.75) is 45.7 Å². The molecule has 0 radical (unpaired) electrons.